The molecule has 0 aliphatic heterocycles. The van der Waals surface area contributed by atoms with Crippen molar-refractivity contribution in [3.63, 3.8) is 0 Å². The molecule has 0 aliphatic rings. The molecule has 10 heteroatoms. The second-order valence-electron chi connectivity index (χ2n) is 6.40. The number of aromatic nitrogens is 2. The zero-order valence-electron chi connectivity index (χ0n) is 16.2. The third-order valence-corrected chi connectivity index (χ3v) is 5.45. The maximum Gasteiger partial charge on any atom is 0.257 e. The molecule has 0 aliphatic carbocycles. The van der Waals surface area contributed by atoms with Gasteiger partial charge in [-0.2, -0.15) is 4.98 Å². The molecule has 3 rings (SSSR count). The van der Waals surface area contributed by atoms with Gasteiger partial charge >= 0.3 is 0 Å². The molecule has 1 atom stereocenters. The molecule has 0 radical (unpaired) electrons. The average molecular weight is 501 g/mol. The molecule has 1 amide bonds. The summed E-state index contributed by atoms with van der Waals surface area (Å²) in [5.74, 6) is -0.741. The van der Waals surface area contributed by atoms with E-state index in [1.807, 2.05) is 30.3 Å². The lowest BCUT2D eigenvalue weighted by Crippen LogP contribution is -2.48. The molecular weight excluding hydrogens is 484 g/mol. The van der Waals surface area contributed by atoms with Crippen LogP contribution >= 0.6 is 46.6 Å². The number of ether oxygens (including phenoxy) is 1. The van der Waals surface area contributed by atoms with Crippen molar-refractivity contribution in [2.24, 2.45) is 0 Å². The first-order valence-electron chi connectivity index (χ1n) is 9.03. The number of alkyl halides is 3. The van der Waals surface area contributed by atoms with E-state index in [9.17, 15) is 9.18 Å². The molecule has 1 N–H and O–H groups in total. The van der Waals surface area contributed by atoms with E-state index in [1.54, 1.807) is 13.0 Å². The molecule has 1 heterocycles. The van der Waals surface area contributed by atoms with Crippen molar-refractivity contribution in [3.8, 4) is 5.88 Å². The first-order chi connectivity index (χ1) is 14.7. The van der Waals surface area contributed by atoms with Gasteiger partial charge in [0.05, 0.1) is 5.56 Å². The number of benzene rings is 2. The van der Waals surface area contributed by atoms with Crippen molar-refractivity contribution in [2.45, 2.75) is 27.9 Å². The van der Waals surface area contributed by atoms with Gasteiger partial charge in [0.25, 0.3) is 5.91 Å². The third kappa shape index (κ3) is 6.97. The van der Waals surface area contributed by atoms with Crippen molar-refractivity contribution in [2.75, 3.05) is 0 Å². The Balaban J connectivity index is 1.76. The van der Waals surface area contributed by atoms with Crippen LogP contribution in [-0.2, 0) is 5.75 Å². The minimum atomic E-state index is -2.04. The van der Waals surface area contributed by atoms with E-state index in [0.717, 1.165) is 11.6 Å². The third-order valence-electron chi connectivity index (χ3n) is 3.94. The minimum Gasteiger partial charge on any atom is -0.449 e. The van der Waals surface area contributed by atoms with Crippen LogP contribution < -0.4 is 10.1 Å². The molecule has 5 nitrogen and oxygen atoms in total. The van der Waals surface area contributed by atoms with Crippen LogP contribution in [0.2, 0.25) is 0 Å². The van der Waals surface area contributed by atoms with Crippen molar-refractivity contribution in [1.29, 1.82) is 0 Å². The Bertz CT molecular complexity index is 1050. The fraction of sp³-hybridized carbons (Fsp3) is 0.190. The largest absolute Gasteiger partial charge is 0.449 e. The van der Waals surface area contributed by atoms with Gasteiger partial charge in [0.2, 0.25) is 15.9 Å². The van der Waals surface area contributed by atoms with Gasteiger partial charge in [-0.3, -0.25) is 4.79 Å². The number of aryl methyl sites for hydroxylation is 1. The van der Waals surface area contributed by atoms with Crippen LogP contribution in [0.4, 0.5) is 4.39 Å². The van der Waals surface area contributed by atoms with Crippen LogP contribution in [-0.4, -0.2) is 25.9 Å². The van der Waals surface area contributed by atoms with Crippen molar-refractivity contribution >= 4 is 52.5 Å². The standard InChI is InChI=1S/C21H17Cl3FN3O2S/c1-13-11-17(27-20(26-13)31-12-14-7-3-2-4-8-14)30-19(21(22,23)24)28-18(29)15-9-5-6-10-16(15)25/h2-11,19H,12H2,1H3,(H,28,29). The Hall–Kier alpha value is -2.06. The Morgan fingerprint density at radius 2 is 1.81 bits per heavy atom. The molecule has 3 aromatic rings. The van der Waals surface area contributed by atoms with Gasteiger partial charge < -0.3 is 10.1 Å². The molecular formula is C21H17Cl3FN3O2S. The van der Waals surface area contributed by atoms with Crippen molar-refractivity contribution in [3.05, 3.63) is 83.3 Å². The molecule has 31 heavy (non-hydrogen) atoms. The SMILES string of the molecule is Cc1cc(OC(NC(=O)c2ccccc2F)C(Cl)(Cl)Cl)nc(SCc2ccccc2)n1. The number of hydrogen-bond donors (Lipinski definition) is 1. The smallest absolute Gasteiger partial charge is 0.257 e. The highest BCUT2D eigenvalue weighted by atomic mass is 35.6. The topological polar surface area (TPSA) is 64.1 Å². The maximum atomic E-state index is 13.9. The summed E-state index contributed by atoms with van der Waals surface area (Å²) in [5.41, 5.74) is 1.53. The fourth-order valence-corrected chi connectivity index (χ4v) is 3.65. The number of carbonyl (C=O) groups excluding carboxylic acids is 1. The van der Waals surface area contributed by atoms with Crippen LogP contribution in [0.3, 0.4) is 0 Å². The van der Waals surface area contributed by atoms with E-state index < -0.39 is 21.7 Å². The van der Waals surface area contributed by atoms with Gasteiger partial charge in [-0.05, 0) is 24.6 Å². The monoisotopic (exact) mass is 499 g/mol. The van der Waals surface area contributed by atoms with Gasteiger partial charge in [-0.25, -0.2) is 9.37 Å². The number of hydrogen-bond acceptors (Lipinski definition) is 5. The summed E-state index contributed by atoms with van der Waals surface area (Å²) in [5, 5.41) is 2.86. The second-order valence-corrected chi connectivity index (χ2v) is 9.71. The number of nitrogens with zero attached hydrogens (tertiary/aromatic N) is 2. The fourth-order valence-electron chi connectivity index (χ4n) is 2.50. The predicted molar refractivity (Wildman–Crippen MR) is 121 cm³/mol. The number of rotatable bonds is 7. The molecule has 0 bridgehead atoms. The first kappa shape index (κ1) is 23.6. The lowest BCUT2D eigenvalue weighted by Gasteiger charge is -2.26. The van der Waals surface area contributed by atoms with E-state index in [2.05, 4.69) is 15.3 Å². The van der Waals surface area contributed by atoms with Crippen LogP contribution in [0.5, 0.6) is 5.88 Å². The summed E-state index contributed by atoms with van der Waals surface area (Å²) in [6.07, 6.45) is -1.43. The highest BCUT2D eigenvalue weighted by molar-refractivity contribution is 7.98. The Labute approximate surface area is 198 Å². The van der Waals surface area contributed by atoms with E-state index in [-0.39, 0.29) is 11.4 Å². The van der Waals surface area contributed by atoms with E-state index >= 15 is 0 Å². The summed E-state index contributed by atoms with van der Waals surface area (Å²) < 4.78 is 17.5. The van der Waals surface area contributed by atoms with Crippen LogP contribution in [0.25, 0.3) is 0 Å². The maximum absolute atomic E-state index is 13.9. The number of thioether (sulfide) groups is 1. The van der Waals surface area contributed by atoms with Gasteiger partial charge in [0.1, 0.15) is 5.82 Å². The molecule has 0 fully saturated rings. The lowest BCUT2D eigenvalue weighted by molar-refractivity contribution is 0.0820. The molecule has 1 unspecified atom stereocenters. The molecule has 0 saturated heterocycles. The lowest BCUT2D eigenvalue weighted by atomic mass is 10.2. The second kappa shape index (κ2) is 10.5. The van der Waals surface area contributed by atoms with Gasteiger partial charge in [0, 0.05) is 17.5 Å². The average Bonchev–Trinajstić information content (AvgIpc) is 2.72. The van der Waals surface area contributed by atoms with Crippen molar-refractivity contribution in [1.82, 2.24) is 15.3 Å². The van der Waals surface area contributed by atoms with Crippen LogP contribution in [0, 0.1) is 12.7 Å². The number of nitrogens with one attached hydrogen (secondary N) is 1. The van der Waals surface area contributed by atoms with E-state index in [1.165, 1.54) is 30.0 Å². The van der Waals surface area contributed by atoms with Crippen molar-refractivity contribution < 1.29 is 13.9 Å². The summed E-state index contributed by atoms with van der Waals surface area (Å²) in [6.45, 7) is 1.77. The Morgan fingerprint density at radius 1 is 1.13 bits per heavy atom. The van der Waals surface area contributed by atoms with Crippen LogP contribution in [0.1, 0.15) is 21.6 Å². The Morgan fingerprint density at radius 3 is 2.48 bits per heavy atom. The van der Waals surface area contributed by atoms with E-state index in [4.69, 9.17) is 39.5 Å². The summed E-state index contributed by atoms with van der Waals surface area (Å²) >= 11 is 19.4. The highest BCUT2D eigenvalue weighted by Gasteiger charge is 2.37. The normalized spacial score (nSPS) is 12.3. The molecule has 1 aromatic heterocycles. The van der Waals surface area contributed by atoms with E-state index in [0.29, 0.717) is 16.6 Å². The molecule has 2 aromatic carbocycles. The summed E-state index contributed by atoms with van der Waals surface area (Å²) in [4.78, 5) is 21.2. The molecule has 0 spiro atoms. The number of amides is 1. The van der Waals surface area contributed by atoms with Gasteiger partial charge in [-0.15, -0.1) is 0 Å². The summed E-state index contributed by atoms with van der Waals surface area (Å²) in [7, 11) is 0. The quantitative estimate of drug-likeness (QED) is 0.194. The zero-order chi connectivity index (χ0) is 22.4. The Kier molecular flexibility index (Phi) is 8.00. The molecule has 0 saturated carbocycles. The summed E-state index contributed by atoms with van der Waals surface area (Å²) in [6, 6.07) is 16.8. The van der Waals surface area contributed by atoms with Gasteiger partial charge in [-0.1, -0.05) is 89.0 Å². The zero-order valence-corrected chi connectivity index (χ0v) is 19.3. The minimum absolute atomic E-state index is 0.105. The highest BCUT2D eigenvalue weighted by Crippen LogP contribution is 2.32. The van der Waals surface area contributed by atoms with Gasteiger partial charge in [0.15, 0.2) is 5.16 Å². The number of carbonyl (C=O) groups is 1. The van der Waals surface area contributed by atoms with Crippen LogP contribution in [0.15, 0.2) is 65.8 Å². The molecule has 162 valence electrons. The first-order valence-corrected chi connectivity index (χ1v) is 11.2. The number of halogens is 4. The predicted octanol–water partition coefficient (Wildman–Crippen LogP) is 5.72.